The highest BCUT2D eigenvalue weighted by Crippen LogP contribution is 2.42. The molecular weight excluding hydrogens is 333 g/mol. The molecule has 0 N–H and O–H groups in total. The fraction of sp³-hybridized carbons (Fsp3) is 0.278. The van der Waals surface area contributed by atoms with Gasteiger partial charge in [-0.2, -0.15) is 13.2 Å². The molecule has 0 saturated carbocycles. The van der Waals surface area contributed by atoms with Crippen molar-refractivity contribution in [2.75, 3.05) is 7.11 Å². The number of hydrogen-bond donors (Lipinski definition) is 0. The maximum absolute atomic E-state index is 13.8. The fourth-order valence-corrected chi connectivity index (χ4v) is 2.87. The number of methoxy groups -OCH3 is 1. The number of ketones is 1. The zero-order valence-corrected chi connectivity index (χ0v) is 13.6. The zero-order valence-electron chi connectivity index (χ0n) is 13.6. The number of rotatable bonds is 4. The minimum absolute atomic E-state index is 0.0135. The highest BCUT2D eigenvalue weighted by atomic mass is 19.4. The molecule has 130 valence electrons. The van der Waals surface area contributed by atoms with Gasteiger partial charge in [0.15, 0.2) is 0 Å². The van der Waals surface area contributed by atoms with E-state index in [1.807, 2.05) is 0 Å². The van der Waals surface area contributed by atoms with Gasteiger partial charge in [-0.05, 0) is 25.0 Å². The Kier molecular flexibility index (Phi) is 4.32. The van der Waals surface area contributed by atoms with Gasteiger partial charge < -0.3 is 9.53 Å². The van der Waals surface area contributed by atoms with Crippen LogP contribution in [-0.2, 0) is 17.4 Å². The number of benzene rings is 1. The summed E-state index contributed by atoms with van der Waals surface area (Å²) in [5.41, 5.74) is -0.190. The Bertz CT molecular complexity index is 968. The van der Waals surface area contributed by atoms with Crippen molar-refractivity contribution in [3.05, 3.63) is 41.6 Å². The Morgan fingerprint density at radius 1 is 1.24 bits per heavy atom. The molecule has 0 aliphatic heterocycles. The molecule has 0 aliphatic rings. The van der Waals surface area contributed by atoms with Gasteiger partial charge in [0.2, 0.25) is 5.88 Å². The van der Waals surface area contributed by atoms with Crippen LogP contribution in [0.15, 0.2) is 30.5 Å². The average molecular weight is 348 g/mol. The lowest BCUT2D eigenvalue weighted by Gasteiger charge is -2.17. The molecular formula is C18H15F3N2O2. The maximum Gasteiger partial charge on any atom is 0.417 e. The lowest BCUT2D eigenvalue weighted by molar-refractivity contribution is -0.137. The maximum atomic E-state index is 13.8. The molecule has 0 fully saturated rings. The summed E-state index contributed by atoms with van der Waals surface area (Å²) < 4.78 is 46.6. The van der Waals surface area contributed by atoms with Crippen molar-refractivity contribution >= 4 is 27.6 Å². The van der Waals surface area contributed by atoms with E-state index in [4.69, 9.17) is 4.74 Å². The van der Waals surface area contributed by atoms with Crippen LogP contribution in [0.2, 0.25) is 0 Å². The largest absolute Gasteiger partial charge is 0.480 e. The van der Waals surface area contributed by atoms with E-state index in [1.165, 1.54) is 20.2 Å². The van der Waals surface area contributed by atoms with Crippen molar-refractivity contribution in [1.29, 1.82) is 0 Å². The Labute approximate surface area is 141 Å². The average Bonchev–Trinajstić information content (AvgIpc) is 2.57. The SMILES string of the molecule is COc1nc2ccccc2c2ncc(CCC(C)=O)c(C(F)(F)F)c12. The third-order valence-electron chi connectivity index (χ3n) is 3.98. The predicted octanol–water partition coefficient (Wildman–Crippen LogP) is 4.33. The standard InChI is InChI=1S/C18H15F3N2O2/c1-10(24)7-8-11-9-22-16-12-5-3-4-6-13(12)23-17(25-2)14(16)15(11)18(19,20)21/h3-6,9H,7-8H2,1-2H3. The first kappa shape index (κ1) is 17.1. The molecule has 0 atom stereocenters. The molecule has 2 aromatic heterocycles. The van der Waals surface area contributed by atoms with Crippen molar-refractivity contribution in [1.82, 2.24) is 9.97 Å². The first-order valence-corrected chi connectivity index (χ1v) is 7.64. The molecule has 4 nitrogen and oxygen atoms in total. The number of alkyl halides is 3. The van der Waals surface area contributed by atoms with Crippen molar-refractivity contribution in [3.63, 3.8) is 0 Å². The first-order valence-electron chi connectivity index (χ1n) is 7.64. The molecule has 0 unspecified atom stereocenters. The minimum atomic E-state index is -4.62. The van der Waals surface area contributed by atoms with E-state index in [1.54, 1.807) is 24.3 Å². The molecule has 3 rings (SSSR count). The van der Waals surface area contributed by atoms with Crippen LogP contribution in [0.25, 0.3) is 21.8 Å². The van der Waals surface area contributed by atoms with Crippen LogP contribution in [0.1, 0.15) is 24.5 Å². The summed E-state index contributed by atoms with van der Waals surface area (Å²) in [5.74, 6) is -0.310. The van der Waals surface area contributed by atoms with Gasteiger partial charge in [0.1, 0.15) is 5.78 Å². The topological polar surface area (TPSA) is 52.1 Å². The second kappa shape index (κ2) is 6.31. The van der Waals surface area contributed by atoms with E-state index in [-0.39, 0.29) is 41.0 Å². The summed E-state index contributed by atoms with van der Waals surface area (Å²) in [4.78, 5) is 19.6. The molecule has 7 heteroatoms. The Balaban J connectivity index is 2.41. The highest BCUT2D eigenvalue weighted by molar-refractivity contribution is 6.07. The smallest absolute Gasteiger partial charge is 0.417 e. The molecule has 0 spiro atoms. The van der Waals surface area contributed by atoms with Gasteiger partial charge >= 0.3 is 6.18 Å². The summed E-state index contributed by atoms with van der Waals surface area (Å²) in [6.45, 7) is 1.34. The van der Waals surface area contributed by atoms with E-state index >= 15 is 0 Å². The Morgan fingerprint density at radius 3 is 2.60 bits per heavy atom. The number of Topliss-reactive ketones (excluding diaryl/α,β-unsaturated/α-hetero) is 1. The number of fused-ring (bicyclic) bond motifs is 3. The van der Waals surface area contributed by atoms with Crippen LogP contribution < -0.4 is 4.74 Å². The number of hydrogen-bond acceptors (Lipinski definition) is 4. The molecule has 0 saturated heterocycles. The van der Waals surface area contributed by atoms with Crippen LogP contribution in [-0.4, -0.2) is 22.9 Å². The van der Waals surface area contributed by atoms with E-state index in [9.17, 15) is 18.0 Å². The Hall–Kier alpha value is -2.70. The first-order chi connectivity index (χ1) is 11.8. The minimum Gasteiger partial charge on any atom is -0.480 e. The molecule has 3 aromatic rings. The normalized spacial score (nSPS) is 11.9. The van der Waals surface area contributed by atoms with Crippen molar-refractivity contribution < 1.29 is 22.7 Å². The summed E-state index contributed by atoms with van der Waals surface area (Å²) in [6.07, 6.45) is -3.45. The van der Waals surface area contributed by atoms with Crippen LogP contribution >= 0.6 is 0 Å². The van der Waals surface area contributed by atoms with Gasteiger partial charge in [0.25, 0.3) is 0 Å². The van der Waals surface area contributed by atoms with Crippen molar-refractivity contribution in [2.24, 2.45) is 0 Å². The van der Waals surface area contributed by atoms with Crippen LogP contribution in [0.5, 0.6) is 5.88 Å². The third-order valence-corrected chi connectivity index (χ3v) is 3.98. The van der Waals surface area contributed by atoms with Gasteiger partial charge in [-0.15, -0.1) is 0 Å². The monoisotopic (exact) mass is 348 g/mol. The molecule has 0 bridgehead atoms. The molecule has 0 aliphatic carbocycles. The number of carbonyl (C=O) groups is 1. The van der Waals surface area contributed by atoms with Crippen molar-refractivity contribution in [2.45, 2.75) is 25.9 Å². The van der Waals surface area contributed by atoms with Gasteiger partial charge in [0, 0.05) is 18.0 Å². The van der Waals surface area contributed by atoms with Gasteiger partial charge in [-0.25, -0.2) is 4.98 Å². The third kappa shape index (κ3) is 3.14. The summed E-state index contributed by atoms with van der Waals surface area (Å²) in [6, 6.07) is 6.82. The number of pyridine rings is 2. The van der Waals surface area contributed by atoms with Crippen molar-refractivity contribution in [3.8, 4) is 5.88 Å². The second-order valence-corrected chi connectivity index (χ2v) is 5.72. The fourth-order valence-electron chi connectivity index (χ4n) is 2.87. The van der Waals surface area contributed by atoms with Crippen LogP contribution in [0.4, 0.5) is 13.2 Å². The van der Waals surface area contributed by atoms with Crippen LogP contribution in [0.3, 0.4) is 0 Å². The van der Waals surface area contributed by atoms with E-state index < -0.39 is 11.7 Å². The second-order valence-electron chi connectivity index (χ2n) is 5.72. The number of aromatic nitrogens is 2. The van der Waals surface area contributed by atoms with Gasteiger partial charge in [-0.1, -0.05) is 18.2 Å². The molecule has 1 aromatic carbocycles. The molecule has 25 heavy (non-hydrogen) atoms. The predicted molar refractivity (Wildman–Crippen MR) is 87.6 cm³/mol. The van der Waals surface area contributed by atoms with Crippen LogP contribution in [0, 0.1) is 0 Å². The summed E-state index contributed by atoms with van der Waals surface area (Å²) in [7, 11) is 1.28. The van der Waals surface area contributed by atoms with E-state index in [0.29, 0.717) is 10.9 Å². The number of aryl methyl sites for hydroxylation is 1. The molecule has 0 radical (unpaired) electrons. The number of para-hydroxylation sites is 1. The number of ether oxygens (including phenoxy) is 1. The summed E-state index contributed by atoms with van der Waals surface area (Å²) >= 11 is 0. The zero-order chi connectivity index (χ0) is 18.2. The molecule has 2 heterocycles. The van der Waals surface area contributed by atoms with E-state index in [0.717, 1.165) is 0 Å². The van der Waals surface area contributed by atoms with Gasteiger partial charge in [-0.3, -0.25) is 4.98 Å². The molecule has 0 amide bonds. The Morgan fingerprint density at radius 2 is 1.96 bits per heavy atom. The summed E-state index contributed by atoms with van der Waals surface area (Å²) in [5, 5.41) is 0.344. The van der Waals surface area contributed by atoms with E-state index in [2.05, 4.69) is 9.97 Å². The van der Waals surface area contributed by atoms with Gasteiger partial charge in [0.05, 0.1) is 29.1 Å². The quantitative estimate of drug-likeness (QED) is 0.659. The number of carbonyl (C=O) groups excluding carboxylic acids is 1. The lowest BCUT2D eigenvalue weighted by atomic mass is 9.98. The number of halogens is 3. The highest BCUT2D eigenvalue weighted by Gasteiger charge is 2.37. The number of nitrogens with zero attached hydrogens (tertiary/aromatic N) is 2. The lowest BCUT2D eigenvalue weighted by Crippen LogP contribution is -2.13.